The predicted octanol–water partition coefficient (Wildman–Crippen LogP) is 14.6. The highest BCUT2D eigenvalue weighted by Gasteiger charge is 2.21. The molecule has 0 saturated carbocycles. The molecule has 0 saturated heterocycles. The number of carbonyl (C=O) groups is 6. The summed E-state index contributed by atoms with van der Waals surface area (Å²) in [5.41, 5.74) is 5.27. The third-order valence-electron chi connectivity index (χ3n) is 13.7. The Morgan fingerprint density at radius 3 is 0.907 bits per heavy atom. The zero-order valence-electron chi connectivity index (χ0n) is 46.9. The summed E-state index contributed by atoms with van der Waals surface area (Å²) < 4.78 is 33.3. The van der Waals surface area contributed by atoms with Crippen LogP contribution in [-0.4, -0.2) is 62.8 Å². The van der Waals surface area contributed by atoms with Gasteiger partial charge in [-0.3, -0.25) is 0 Å². The summed E-state index contributed by atoms with van der Waals surface area (Å²) in [5.74, 6) is -4.76. The van der Waals surface area contributed by atoms with Crippen LogP contribution in [0.25, 0.3) is 33.4 Å². The molecule has 0 unspecified atom stereocenters. The summed E-state index contributed by atoms with van der Waals surface area (Å²) in [6.45, 7) is 7.05. The van der Waals surface area contributed by atoms with Crippen molar-refractivity contribution in [2.24, 2.45) is 11.8 Å². The van der Waals surface area contributed by atoms with E-state index in [0.29, 0.717) is 46.6 Å². The number of esters is 6. The fraction of sp³-hybridized carbons (Fsp3) is 0.143. The van der Waals surface area contributed by atoms with Crippen LogP contribution >= 0.6 is 0 Å². The van der Waals surface area contributed by atoms with Crippen LogP contribution in [0.5, 0.6) is 51.7 Å². The quantitative estimate of drug-likeness (QED) is 0.0386. The lowest BCUT2D eigenvalue weighted by Crippen LogP contribution is -2.13. The summed E-state index contributed by atoms with van der Waals surface area (Å²) >= 11 is 0. The minimum absolute atomic E-state index is 0.109. The Hall–Kier alpha value is -11.0. The van der Waals surface area contributed by atoms with Crippen LogP contribution in [0, 0.1) is 11.8 Å². The van der Waals surface area contributed by atoms with Crippen LogP contribution in [0.1, 0.15) is 109 Å². The van der Waals surface area contributed by atoms with Gasteiger partial charge in [-0.1, -0.05) is 113 Å². The number of carbonyl (C=O) groups excluding carboxylic acids is 6. The minimum atomic E-state index is -1.04. The molecule has 0 amide bonds. The van der Waals surface area contributed by atoms with Crippen molar-refractivity contribution in [1.29, 1.82) is 0 Å². The van der Waals surface area contributed by atoms with Gasteiger partial charge in [0.2, 0.25) is 0 Å². The van der Waals surface area contributed by atoms with Gasteiger partial charge >= 0.3 is 35.8 Å². The van der Waals surface area contributed by atoms with Gasteiger partial charge in [-0.2, -0.15) is 0 Å². The molecule has 0 bridgehead atoms. The van der Waals surface area contributed by atoms with Gasteiger partial charge < -0.3 is 48.8 Å². The van der Waals surface area contributed by atoms with Crippen LogP contribution < -0.4 is 23.7 Å². The van der Waals surface area contributed by atoms with Gasteiger partial charge in [-0.25, -0.2) is 28.8 Å². The Morgan fingerprint density at radius 1 is 0.302 bits per heavy atom. The maximum atomic E-state index is 13.5. The molecule has 86 heavy (non-hydrogen) atoms. The molecule has 9 rings (SSSR count). The summed E-state index contributed by atoms with van der Waals surface area (Å²) in [4.78, 5) is 78.5. The molecule has 0 aromatic heterocycles. The van der Waals surface area contributed by atoms with E-state index >= 15 is 0 Å². The van der Waals surface area contributed by atoms with Gasteiger partial charge in [0.15, 0.2) is 0 Å². The van der Waals surface area contributed by atoms with Crippen LogP contribution in [0.3, 0.4) is 0 Å². The predicted molar refractivity (Wildman–Crippen MR) is 319 cm³/mol. The van der Waals surface area contributed by atoms with Crippen molar-refractivity contribution in [2.75, 3.05) is 6.61 Å². The van der Waals surface area contributed by atoms with Gasteiger partial charge in [0, 0.05) is 18.2 Å². The molecule has 0 aliphatic carbocycles. The van der Waals surface area contributed by atoms with Crippen molar-refractivity contribution in [1.82, 2.24) is 0 Å². The van der Waals surface area contributed by atoms with Crippen LogP contribution in [-0.2, 0) is 4.74 Å². The molecule has 0 fully saturated rings. The lowest BCUT2D eigenvalue weighted by atomic mass is 9.98. The number of hydrogen-bond acceptors (Lipinski definition) is 16. The first-order valence-corrected chi connectivity index (χ1v) is 27.5. The smallest absolute Gasteiger partial charge is 0.343 e. The Kier molecular flexibility index (Phi) is 19.0. The van der Waals surface area contributed by atoms with Crippen LogP contribution in [0.15, 0.2) is 200 Å². The summed E-state index contributed by atoms with van der Waals surface area (Å²) in [6, 6.07) is 50.9. The van der Waals surface area contributed by atoms with Crippen molar-refractivity contribution in [3.8, 4) is 85.1 Å². The molecule has 1 atom stereocenters. The molecular formula is C70H58O16. The van der Waals surface area contributed by atoms with Gasteiger partial charge in [0.05, 0.1) is 40.0 Å². The average molecular weight is 1160 g/mol. The summed E-state index contributed by atoms with van der Waals surface area (Å²) in [5, 5.41) is 39.5. The molecule has 0 aliphatic rings. The van der Waals surface area contributed by atoms with Gasteiger partial charge in [-0.15, -0.1) is 0 Å². The summed E-state index contributed by atoms with van der Waals surface area (Å²) in [7, 11) is 0. The molecule has 9 aromatic carbocycles. The van der Waals surface area contributed by atoms with Crippen molar-refractivity contribution >= 4 is 35.8 Å². The number of hydrogen-bond donors (Lipinski definition) is 4. The second-order valence-corrected chi connectivity index (χ2v) is 20.8. The lowest BCUT2D eigenvalue weighted by molar-refractivity contribution is 0.0482. The van der Waals surface area contributed by atoms with E-state index in [9.17, 15) is 49.2 Å². The minimum Gasteiger partial charge on any atom is -0.508 e. The Balaban J connectivity index is 0.751. The molecule has 0 heterocycles. The molecule has 0 spiro atoms. The van der Waals surface area contributed by atoms with Crippen molar-refractivity contribution < 1.29 is 77.6 Å². The van der Waals surface area contributed by atoms with E-state index in [2.05, 4.69) is 20.8 Å². The van der Waals surface area contributed by atoms with Gasteiger partial charge in [0.25, 0.3) is 0 Å². The largest absolute Gasteiger partial charge is 0.508 e. The molecule has 4 N–H and O–H groups in total. The van der Waals surface area contributed by atoms with Crippen molar-refractivity contribution in [3.05, 3.63) is 234 Å². The second-order valence-electron chi connectivity index (χ2n) is 20.8. The first kappa shape index (κ1) is 59.6. The average Bonchev–Trinajstić information content (AvgIpc) is 3.37. The Labute approximate surface area is 495 Å². The summed E-state index contributed by atoms with van der Waals surface area (Å²) in [6.07, 6.45) is 4.36. The van der Waals surface area contributed by atoms with E-state index in [1.54, 1.807) is 109 Å². The van der Waals surface area contributed by atoms with Crippen molar-refractivity contribution in [2.45, 2.75) is 46.5 Å². The number of aromatic hydroxyl groups is 4. The molecular weight excluding hydrogens is 1100 g/mol. The normalized spacial score (nSPS) is 11.3. The third-order valence-corrected chi connectivity index (χ3v) is 13.7. The highest BCUT2D eigenvalue weighted by molar-refractivity contribution is 5.97. The van der Waals surface area contributed by atoms with E-state index in [4.69, 9.17) is 28.4 Å². The number of ether oxygens (including phenoxy) is 6. The molecule has 16 heteroatoms. The monoisotopic (exact) mass is 1150 g/mol. The molecule has 434 valence electrons. The Bertz CT molecular complexity index is 3780. The second kappa shape index (κ2) is 27.4. The standard InChI is InChI=1S/C70H58O16/c1-42(2)5-4-6-43(3)31-32-81-65(75)50-13-7-44(8-14-50)47-19-25-60(26-20-47)82-66(76)51-15-9-45(10-16-51)48-21-27-61(28-22-48)83-67(77)52-17-11-46(12-18-52)49-23-29-62(30-24-49)84-70(80)55-37-63(85-68(78)53-33-56(71)39-57(72)34-53)41-64(38-55)86-69(79)54-35-58(73)40-59(74)36-54/h7-30,33-43,71-74H,4-6,31-32H2,1-3H3/t43-/m0/s1. The van der Waals surface area contributed by atoms with E-state index in [1.807, 2.05) is 24.3 Å². The number of phenolic OH excluding ortho intramolecular Hbond substituents is 4. The highest BCUT2D eigenvalue weighted by atomic mass is 16.6. The number of rotatable bonds is 21. The van der Waals surface area contributed by atoms with E-state index in [-0.39, 0.29) is 45.5 Å². The molecule has 16 nitrogen and oxygen atoms in total. The van der Waals surface area contributed by atoms with E-state index in [1.165, 1.54) is 25.0 Å². The zero-order chi connectivity index (χ0) is 60.9. The SMILES string of the molecule is CC(C)CCC[C@H](C)CCOC(=O)c1ccc(-c2ccc(OC(=O)c3ccc(-c4ccc(OC(=O)c5ccc(-c6ccc(OC(=O)c7cc(OC(=O)c8cc(O)cc(O)c8)cc(OC(=O)c8cc(O)cc(O)c8)c7)cc6)cc5)cc4)cc3)cc2)cc1. The number of benzene rings is 9. The fourth-order valence-corrected chi connectivity index (χ4v) is 9.06. The van der Waals surface area contributed by atoms with Crippen molar-refractivity contribution in [3.63, 3.8) is 0 Å². The van der Waals surface area contributed by atoms with Crippen LogP contribution in [0.2, 0.25) is 0 Å². The maximum absolute atomic E-state index is 13.5. The highest BCUT2D eigenvalue weighted by Crippen LogP contribution is 2.32. The molecule has 0 aliphatic heterocycles. The maximum Gasteiger partial charge on any atom is 0.343 e. The first-order valence-electron chi connectivity index (χ1n) is 27.5. The van der Waals surface area contributed by atoms with E-state index in [0.717, 1.165) is 95.3 Å². The van der Waals surface area contributed by atoms with E-state index < -0.39 is 52.8 Å². The first-order chi connectivity index (χ1) is 41.4. The fourth-order valence-electron chi connectivity index (χ4n) is 9.06. The third kappa shape index (κ3) is 16.2. The lowest BCUT2D eigenvalue weighted by Gasteiger charge is -2.12. The molecule has 0 radical (unpaired) electrons. The molecule has 9 aromatic rings. The topological polar surface area (TPSA) is 239 Å². The number of phenols is 4. The van der Waals surface area contributed by atoms with Gasteiger partial charge in [-0.05, 0) is 161 Å². The van der Waals surface area contributed by atoms with Crippen LogP contribution in [0.4, 0.5) is 0 Å². The zero-order valence-corrected chi connectivity index (χ0v) is 46.9. The van der Waals surface area contributed by atoms with Gasteiger partial charge in [0.1, 0.15) is 51.7 Å². The Morgan fingerprint density at radius 2 is 0.581 bits per heavy atom.